The molecule has 0 bridgehead atoms. The fourth-order valence-electron chi connectivity index (χ4n) is 0.677. The van der Waals surface area contributed by atoms with Gasteiger partial charge in [0.1, 0.15) is 0 Å². The fourth-order valence-corrected chi connectivity index (χ4v) is 0.677. The van der Waals surface area contributed by atoms with E-state index < -0.39 is 5.97 Å². The lowest BCUT2D eigenvalue weighted by atomic mass is 10.1. The summed E-state index contributed by atoms with van der Waals surface area (Å²) in [5.74, 6) is -1.25. The SMILES string of the molecule is C1CCOC1.CCC(C)C(=O)[O-]. The number of hydrogen-bond acceptors (Lipinski definition) is 3. The Hall–Kier alpha value is -0.570. The Labute approximate surface area is 73.7 Å². The van der Waals surface area contributed by atoms with E-state index in [1.807, 2.05) is 6.92 Å². The van der Waals surface area contributed by atoms with Crippen molar-refractivity contribution < 1.29 is 14.6 Å². The molecule has 3 heteroatoms. The van der Waals surface area contributed by atoms with Crippen LogP contribution in [-0.2, 0) is 9.53 Å². The first-order valence-corrected chi connectivity index (χ1v) is 4.47. The summed E-state index contributed by atoms with van der Waals surface area (Å²) in [4.78, 5) is 9.82. The Balaban J connectivity index is 0.000000211. The maximum absolute atomic E-state index is 9.82. The third-order valence-electron chi connectivity index (χ3n) is 1.84. The van der Waals surface area contributed by atoms with Crippen LogP contribution >= 0.6 is 0 Å². The van der Waals surface area contributed by atoms with Gasteiger partial charge in [0, 0.05) is 19.2 Å². The minimum absolute atomic E-state index is 0.292. The van der Waals surface area contributed by atoms with Crippen LogP contribution in [-0.4, -0.2) is 19.2 Å². The Bertz CT molecular complexity index is 111. The predicted molar refractivity (Wildman–Crippen MR) is 44.5 cm³/mol. The van der Waals surface area contributed by atoms with Gasteiger partial charge >= 0.3 is 0 Å². The van der Waals surface area contributed by atoms with Gasteiger partial charge in [-0.15, -0.1) is 0 Å². The van der Waals surface area contributed by atoms with Gasteiger partial charge in [-0.1, -0.05) is 13.8 Å². The van der Waals surface area contributed by atoms with Gasteiger partial charge in [0.2, 0.25) is 0 Å². The minimum atomic E-state index is -0.956. The topological polar surface area (TPSA) is 49.4 Å². The summed E-state index contributed by atoms with van der Waals surface area (Å²) in [5, 5.41) is 9.82. The Morgan fingerprint density at radius 3 is 2.08 bits per heavy atom. The van der Waals surface area contributed by atoms with Crippen molar-refractivity contribution in [2.45, 2.75) is 33.1 Å². The van der Waals surface area contributed by atoms with Gasteiger partial charge in [-0.2, -0.15) is 0 Å². The van der Waals surface area contributed by atoms with Crippen LogP contribution in [0.5, 0.6) is 0 Å². The van der Waals surface area contributed by atoms with Gasteiger partial charge in [0.25, 0.3) is 0 Å². The third kappa shape index (κ3) is 6.16. The molecular weight excluding hydrogens is 156 g/mol. The highest BCUT2D eigenvalue weighted by Gasteiger charge is 1.95. The van der Waals surface area contributed by atoms with Crippen LogP contribution in [0, 0.1) is 5.92 Å². The molecule has 1 rings (SSSR count). The maximum Gasteiger partial charge on any atom is 0.0466 e. The molecule has 72 valence electrons. The summed E-state index contributed by atoms with van der Waals surface area (Å²) in [6, 6.07) is 0. The summed E-state index contributed by atoms with van der Waals surface area (Å²) in [6.07, 6.45) is 3.21. The van der Waals surface area contributed by atoms with Crippen LogP contribution in [0.1, 0.15) is 33.1 Å². The first-order valence-electron chi connectivity index (χ1n) is 4.47. The zero-order valence-corrected chi connectivity index (χ0v) is 7.84. The number of ether oxygens (including phenoxy) is 1. The second-order valence-electron chi connectivity index (χ2n) is 2.95. The van der Waals surface area contributed by atoms with E-state index in [1.54, 1.807) is 6.92 Å². The number of rotatable bonds is 2. The molecule has 1 aliphatic heterocycles. The van der Waals surface area contributed by atoms with Crippen molar-refractivity contribution in [2.75, 3.05) is 13.2 Å². The van der Waals surface area contributed by atoms with Gasteiger partial charge in [0.15, 0.2) is 0 Å². The van der Waals surface area contributed by atoms with Gasteiger partial charge in [-0.3, -0.25) is 0 Å². The van der Waals surface area contributed by atoms with Crippen LogP contribution in [0.25, 0.3) is 0 Å². The zero-order valence-electron chi connectivity index (χ0n) is 7.84. The van der Waals surface area contributed by atoms with E-state index in [0.29, 0.717) is 6.42 Å². The standard InChI is InChI=1S/C5H10O2.C4H8O/c1-3-4(2)5(6)7;1-2-4-5-3-1/h4H,3H2,1-2H3,(H,6,7);1-4H2/p-1. The number of hydrogen-bond donors (Lipinski definition) is 0. The molecule has 12 heavy (non-hydrogen) atoms. The van der Waals surface area contributed by atoms with E-state index in [1.165, 1.54) is 12.8 Å². The monoisotopic (exact) mass is 173 g/mol. The molecule has 0 aromatic rings. The van der Waals surface area contributed by atoms with Crippen LogP contribution < -0.4 is 5.11 Å². The first-order chi connectivity index (χ1) is 5.68. The van der Waals surface area contributed by atoms with Crippen LogP contribution in [0.4, 0.5) is 0 Å². The number of aliphatic carboxylic acids is 1. The smallest absolute Gasteiger partial charge is 0.0466 e. The van der Waals surface area contributed by atoms with Gasteiger partial charge < -0.3 is 14.6 Å². The van der Waals surface area contributed by atoms with Crippen molar-refractivity contribution in [2.24, 2.45) is 5.92 Å². The summed E-state index contributed by atoms with van der Waals surface area (Å²) >= 11 is 0. The van der Waals surface area contributed by atoms with Crippen LogP contribution in [0.2, 0.25) is 0 Å². The van der Waals surface area contributed by atoms with Crippen molar-refractivity contribution in [1.82, 2.24) is 0 Å². The molecule has 1 atom stereocenters. The van der Waals surface area contributed by atoms with E-state index in [4.69, 9.17) is 4.74 Å². The molecule has 1 heterocycles. The zero-order chi connectivity index (χ0) is 9.40. The highest BCUT2D eigenvalue weighted by atomic mass is 16.5. The van der Waals surface area contributed by atoms with Crippen molar-refractivity contribution in [3.8, 4) is 0 Å². The summed E-state index contributed by atoms with van der Waals surface area (Å²) in [7, 11) is 0. The second-order valence-corrected chi connectivity index (χ2v) is 2.95. The van der Waals surface area contributed by atoms with Crippen molar-refractivity contribution >= 4 is 5.97 Å². The molecule has 0 spiro atoms. The molecule has 1 saturated heterocycles. The normalized spacial score (nSPS) is 17.8. The van der Waals surface area contributed by atoms with E-state index in [9.17, 15) is 9.90 Å². The van der Waals surface area contributed by atoms with Gasteiger partial charge in [0.05, 0.1) is 0 Å². The average Bonchev–Trinajstić information content (AvgIpc) is 2.59. The minimum Gasteiger partial charge on any atom is -0.550 e. The Morgan fingerprint density at radius 1 is 1.50 bits per heavy atom. The molecule has 0 aromatic heterocycles. The predicted octanol–water partition coefficient (Wildman–Crippen LogP) is 0.579. The molecule has 0 radical (unpaired) electrons. The highest BCUT2D eigenvalue weighted by Crippen LogP contribution is 1.98. The summed E-state index contributed by atoms with van der Waals surface area (Å²) in [6.45, 7) is 5.45. The fraction of sp³-hybridized carbons (Fsp3) is 0.889. The average molecular weight is 173 g/mol. The number of carbonyl (C=O) groups is 1. The molecular formula is C9H17O3-. The van der Waals surface area contributed by atoms with Crippen LogP contribution in [0.15, 0.2) is 0 Å². The number of carboxylic acid groups (broad SMARTS) is 1. The Kier molecular flexibility index (Phi) is 6.76. The van der Waals surface area contributed by atoms with E-state index in [2.05, 4.69) is 0 Å². The van der Waals surface area contributed by atoms with Crippen molar-refractivity contribution in [3.63, 3.8) is 0 Å². The molecule has 1 unspecified atom stereocenters. The molecule has 3 nitrogen and oxygen atoms in total. The maximum atomic E-state index is 9.82. The van der Waals surface area contributed by atoms with E-state index >= 15 is 0 Å². The molecule has 0 saturated carbocycles. The quantitative estimate of drug-likeness (QED) is 0.613. The lowest BCUT2D eigenvalue weighted by Crippen LogP contribution is -2.28. The third-order valence-corrected chi connectivity index (χ3v) is 1.84. The lowest BCUT2D eigenvalue weighted by molar-refractivity contribution is -0.311. The first kappa shape index (κ1) is 11.4. The molecule has 0 aliphatic carbocycles. The molecule has 0 aromatic carbocycles. The second kappa shape index (κ2) is 7.10. The Morgan fingerprint density at radius 2 is 2.00 bits per heavy atom. The molecule has 1 fully saturated rings. The summed E-state index contributed by atoms with van der Waals surface area (Å²) in [5.41, 5.74) is 0. The highest BCUT2D eigenvalue weighted by molar-refractivity contribution is 5.66. The van der Waals surface area contributed by atoms with E-state index in [-0.39, 0.29) is 5.92 Å². The summed E-state index contributed by atoms with van der Waals surface area (Å²) < 4.78 is 4.94. The lowest BCUT2D eigenvalue weighted by Gasteiger charge is -2.06. The number of carbonyl (C=O) groups excluding carboxylic acids is 1. The molecule has 0 N–H and O–H groups in total. The largest absolute Gasteiger partial charge is 0.550 e. The van der Waals surface area contributed by atoms with Crippen LogP contribution in [0.3, 0.4) is 0 Å². The van der Waals surface area contributed by atoms with Gasteiger partial charge in [-0.05, 0) is 25.2 Å². The van der Waals surface area contributed by atoms with E-state index in [0.717, 1.165) is 13.2 Å². The van der Waals surface area contributed by atoms with Crippen molar-refractivity contribution in [1.29, 1.82) is 0 Å². The molecule has 1 aliphatic rings. The number of carboxylic acids is 1. The van der Waals surface area contributed by atoms with Crippen molar-refractivity contribution in [3.05, 3.63) is 0 Å². The molecule has 0 amide bonds. The van der Waals surface area contributed by atoms with Gasteiger partial charge in [-0.25, -0.2) is 0 Å².